The Kier molecular flexibility index (Phi) is 2.82. The minimum absolute atomic E-state index is 0.0186. The lowest BCUT2D eigenvalue weighted by molar-refractivity contribution is 0.282. The smallest absolute Gasteiger partial charge is 0.222 e. The van der Waals surface area contributed by atoms with Gasteiger partial charge in [0, 0.05) is 11.8 Å². The van der Waals surface area contributed by atoms with Crippen molar-refractivity contribution in [2.45, 2.75) is 6.61 Å². The first-order valence-corrected chi connectivity index (χ1v) is 5.98. The van der Waals surface area contributed by atoms with Crippen molar-refractivity contribution < 1.29 is 5.11 Å². The number of aromatic nitrogens is 3. The number of anilines is 1. The summed E-state index contributed by atoms with van der Waals surface area (Å²) < 4.78 is 0. The third-order valence-electron chi connectivity index (χ3n) is 3.08. The average molecular weight is 265 g/mol. The van der Waals surface area contributed by atoms with Crippen molar-refractivity contribution >= 4 is 17.0 Å². The lowest BCUT2D eigenvalue weighted by Gasteiger charge is -2.05. The van der Waals surface area contributed by atoms with Crippen LogP contribution in [0.1, 0.15) is 11.1 Å². The molecule has 4 N–H and O–H groups in total. The SMILES string of the molecule is N#Cc1c[nH]c2nc(N)nc(-c3ccc(CO)cc3)c12. The summed E-state index contributed by atoms with van der Waals surface area (Å²) in [5, 5.41) is 18.9. The molecule has 0 fully saturated rings. The third kappa shape index (κ3) is 1.86. The van der Waals surface area contributed by atoms with Gasteiger partial charge in [-0.3, -0.25) is 0 Å². The lowest BCUT2D eigenvalue weighted by atomic mass is 10.1. The zero-order valence-corrected chi connectivity index (χ0v) is 10.5. The van der Waals surface area contributed by atoms with Crippen LogP contribution >= 0.6 is 0 Å². The monoisotopic (exact) mass is 265 g/mol. The highest BCUT2D eigenvalue weighted by atomic mass is 16.3. The number of nitrogens with zero attached hydrogens (tertiary/aromatic N) is 3. The van der Waals surface area contributed by atoms with E-state index >= 15 is 0 Å². The van der Waals surface area contributed by atoms with Crippen molar-refractivity contribution in [3.63, 3.8) is 0 Å². The first kappa shape index (κ1) is 12.1. The number of nitriles is 1. The summed E-state index contributed by atoms with van der Waals surface area (Å²) in [5.74, 6) is 0.144. The predicted octanol–water partition coefficient (Wildman–Crippen LogP) is 1.57. The van der Waals surface area contributed by atoms with Crippen molar-refractivity contribution in [1.29, 1.82) is 5.26 Å². The fourth-order valence-corrected chi connectivity index (χ4v) is 2.12. The maximum Gasteiger partial charge on any atom is 0.222 e. The van der Waals surface area contributed by atoms with Gasteiger partial charge in [-0.05, 0) is 5.56 Å². The summed E-state index contributed by atoms with van der Waals surface area (Å²) in [7, 11) is 0. The molecule has 0 radical (unpaired) electrons. The molecule has 2 heterocycles. The molecule has 0 aliphatic heterocycles. The van der Waals surface area contributed by atoms with Gasteiger partial charge in [-0.15, -0.1) is 0 Å². The fourth-order valence-electron chi connectivity index (χ4n) is 2.12. The number of hydrogen-bond donors (Lipinski definition) is 3. The number of fused-ring (bicyclic) bond motifs is 1. The van der Waals surface area contributed by atoms with Crippen LogP contribution in [0, 0.1) is 11.3 Å². The molecule has 20 heavy (non-hydrogen) atoms. The van der Waals surface area contributed by atoms with E-state index in [1.54, 1.807) is 18.3 Å². The highest BCUT2D eigenvalue weighted by molar-refractivity contribution is 5.95. The first-order chi connectivity index (χ1) is 9.72. The van der Waals surface area contributed by atoms with Crippen LogP contribution in [-0.4, -0.2) is 20.1 Å². The number of nitrogens with one attached hydrogen (secondary N) is 1. The predicted molar refractivity (Wildman–Crippen MR) is 74.4 cm³/mol. The third-order valence-corrected chi connectivity index (χ3v) is 3.08. The Morgan fingerprint density at radius 3 is 2.65 bits per heavy atom. The van der Waals surface area contributed by atoms with E-state index < -0.39 is 0 Å². The van der Waals surface area contributed by atoms with Crippen LogP contribution in [0.5, 0.6) is 0 Å². The maximum absolute atomic E-state index is 9.16. The van der Waals surface area contributed by atoms with Crippen LogP contribution in [-0.2, 0) is 6.61 Å². The molecule has 0 bridgehead atoms. The van der Waals surface area contributed by atoms with Gasteiger partial charge in [-0.25, -0.2) is 4.98 Å². The number of aliphatic hydroxyl groups excluding tert-OH is 1. The Balaban J connectivity index is 2.28. The standard InChI is InChI=1S/C14H11N5O/c15-5-10-6-17-13-11(10)12(18-14(16)19-13)9-3-1-8(7-20)2-4-9/h1-4,6,20H,7H2,(H3,16,17,18,19). The van der Waals surface area contributed by atoms with Crippen molar-refractivity contribution in [3.05, 3.63) is 41.6 Å². The zero-order chi connectivity index (χ0) is 14.1. The van der Waals surface area contributed by atoms with Crippen molar-refractivity contribution in [2.24, 2.45) is 0 Å². The minimum Gasteiger partial charge on any atom is -0.392 e. The van der Waals surface area contributed by atoms with Gasteiger partial charge >= 0.3 is 0 Å². The van der Waals surface area contributed by atoms with Gasteiger partial charge in [-0.2, -0.15) is 10.2 Å². The van der Waals surface area contributed by atoms with Gasteiger partial charge in [0.15, 0.2) is 0 Å². The molecule has 98 valence electrons. The van der Waals surface area contributed by atoms with E-state index in [0.29, 0.717) is 22.3 Å². The van der Waals surface area contributed by atoms with E-state index in [1.165, 1.54) is 0 Å². The van der Waals surface area contributed by atoms with E-state index in [4.69, 9.17) is 16.1 Å². The molecule has 6 nitrogen and oxygen atoms in total. The van der Waals surface area contributed by atoms with E-state index in [-0.39, 0.29) is 12.6 Å². The van der Waals surface area contributed by atoms with E-state index in [2.05, 4.69) is 21.0 Å². The first-order valence-electron chi connectivity index (χ1n) is 5.98. The van der Waals surface area contributed by atoms with E-state index in [9.17, 15) is 0 Å². The highest BCUT2D eigenvalue weighted by Gasteiger charge is 2.14. The topological polar surface area (TPSA) is 112 Å². The Hall–Kier alpha value is -2.91. The summed E-state index contributed by atoms with van der Waals surface area (Å²) in [6.45, 7) is -0.0186. The van der Waals surface area contributed by atoms with Gasteiger partial charge in [-0.1, -0.05) is 24.3 Å². The number of benzene rings is 1. The van der Waals surface area contributed by atoms with Crippen molar-refractivity contribution in [2.75, 3.05) is 5.73 Å². The van der Waals surface area contributed by atoms with Crippen molar-refractivity contribution in [1.82, 2.24) is 15.0 Å². The molecule has 0 amide bonds. The normalized spacial score (nSPS) is 10.6. The van der Waals surface area contributed by atoms with Gasteiger partial charge in [0.05, 0.1) is 23.3 Å². The molecule has 0 saturated carbocycles. The van der Waals surface area contributed by atoms with Crippen LogP contribution < -0.4 is 5.73 Å². The van der Waals surface area contributed by atoms with Crippen LogP contribution in [0.15, 0.2) is 30.5 Å². The van der Waals surface area contributed by atoms with Crippen molar-refractivity contribution in [3.8, 4) is 17.3 Å². The summed E-state index contributed by atoms with van der Waals surface area (Å²) in [5.41, 5.74) is 8.94. The molecule has 1 aromatic carbocycles. The van der Waals surface area contributed by atoms with E-state index in [1.807, 2.05) is 12.1 Å². The fraction of sp³-hybridized carbons (Fsp3) is 0.0714. The Labute approximate surface area is 114 Å². The second-order valence-corrected chi connectivity index (χ2v) is 4.32. The van der Waals surface area contributed by atoms with Crippen LogP contribution in [0.25, 0.3) is 22.3 Å². The molecular formula is C14H11N5O. The summed E-state index contributed by atoms with van der Waals surface area (Å²) in [4.78, 5) is 11.2. The number of aromatic amines is 1. The Morgan fingerprint density at radius 1 is 1.25 bits per heavy atom. The number of nitrogens with two attached hydrogens (primary N) is 1. The minimum atomic E-state index is -0.0186. The molecule has 0 atom stereocenters. The molecule has 0 spiro atoms. The average Bonchev–Trinajstić information content (AvgIpc) is 2.89. The van der Waals surface area contributed by atoms with Crippen LogP contribution in [0.2, 0.25) is 0 Å². The number of aliphatic hydroxyl groups is 1. The van der Waals surface area contributed by atoms with Crippen LogP contribution in [0.3, 0.4) is 0 Å². The lowest BCUT2D eigenvalue weighted by Crippen LogP contribution is -1.98. The highest BCUT2D eigenvalue weighted by Crippen LogP contribution is 2.29. The number of nitrogen functional groups attached to an aromatic ring is 1. The van der Waals surface area contributed by atoms with E-state index in [0.717, 1.165) is 11.1 Å². The van der Waals surface area contributed by atoms with Crippen LogP contribution in [0.4, 0.5) is 5.95 Å². The molecular weight excluding hydrogens is 254 g/mol. The van der Waals surface area contributed by atoms with Gasteiger partial charge in [0.1, 0.15) is 11.7 Å². The Bertz CT molecular complexity index is 814. The second-order valence-electron chi connectivity index (χ2n) is 4.32. The largest absolute Gasteiger partial charge is 0.392 e. The molecule has 3 aromatic rings. The molecule has 0 unspecified atom stereocenters. The Morgan fingerprint density at radius 2 is 2.00 bits per heavy atom. The zero-order valence-electron chi connectivity index (χ0n) is 10.5. The second kappa shape index (κ2) is 4.64. The quantitative estimate of drug-likeness (QED) is 0.651. The van der Waals surface area contributed by atoms with Gasteiger partial charge < -0.3 is 15.8 Å². The summed E-state index contributed by atoms with van der Waals surface area (Å²) in [6, 6.07) is 9.39. The van der Waals surface area contributed by atoms with Gasteiger partial charge in [0.2, 0.25) is 5.95 Å². The number of hydrogen-bond acceptors (Lipinski definition) is 5. The van der Waals surface area contributed by atoms with Gasteiger partial charge in [0.25, 0.3) is 0 Å². The molecule has 0 aliphatic carbocycles. The molecule has 0 aliphatic rings. The summed E-state index contributed by atoms with van der Waals surface area (Å²) >= 11 is 0. The molecule has 2 aromatic heterocycles. The summed E-state index contributed by atoms with van der Waals surface area (Å²) in [6.07, 6.45) is 1.59. The number of rotatable bonds is 2. The molecule has 0 saturated heterocycles. The molecule has 3 rings (SSSR count). The maximum atomic E-state index is 9.16. The molecule has 6 heteroatoms. The number of H-pyrrole nitrogens is 1.